The van der Waals surface area contributed by atoms with E-state index >= 15 is 0 Å². The largest absolute Gasteiger partial charge is 0.465 e. The van der Waals surface area contributed by atoms with E-state index < -0.39 is 18.2 Å². The fourth-order valence-corrected chi connectivity index (χ4v) is 1.63. The lowest BCUT2D eigenvalue weighted by atomic mass is 10.1. The van der Waals surface area contributed by atoms with Gasteiger partial charge in [-0.2, -0.15) is 0 Å². The summed E-state index contributed by atoms with van der Waals surface area (Å²) in [6, 6.07) is -0.564. The van der Waals surface area contributed by atoms with Gasteiger partial charge in [0.1, 0.15) is 12.6 Å². The van der Waals surface area contributed by atoms with E-state index in [-0.39, 0.29) is 19.0 Å². The third-order valence-electron chi connectivity index (χ3n) is 2.74. The highest BCUT2D eigenvalue weighted by atomic mass is 16.5. The topological polar surface area (TPSA) is 90.6 Å². The van der Waals surface area contributed by atoms with E-state index in [0.29, 0.717) is 12.5 Å². The number of hydrogen-bond acceptors (Lipinski definition) is 6. The first-order valence-electron chi connectivity index (χ1n) is 7.31. The van der Waals surface area contributed by atoms with Crippen molar-refractivity contribution in [2.24, 2.45) is 11.7 Å². The first-order valence-corrected chi connectivity index (χ1v) is 7.31. The smallest absolute Gasteiger partial charge is 0.322 e. The fraction of sp³-hybridized carbons (Fsp3) is 0.733. The highest BCUT2D eigenvalue weighted by Crippen LogP contribution is 2.03. The molecule has 0 aliphatic carbocycles. The maximum Gasteiger partial charge on any atom is 0.322 e. The van der Waals surface area contributed by atoms with E-state index in [2.05, 4.69) is 25.7 Å². The minimum absolute atomic E-state index is 0.0151. The Morgan fingerprint density at radius 3 is 2.52 bits per heavy atom. The van der Waals surface area contributed by atoms with Gasteiger partial charge in [-0.05, 0) is 25.7 Å². The summed E-state index contributed by atoms with van der Waals surface area (Å²) in [5.41, 5.74) is 5.73. The summed E-state index contributed by atoms with van der Waals surface area (Å²) < 4.78 is 9.95. The summed E-state index contributed by atoms with van der Waals surface area (Å²) in [5, 5.41) is 2.81. The predicted octanol–water partition coefficient (Wildman–Crippen LogP) is 1.35. The van der Waals surface area contributed by atoms with Gasteiger partial charge >= 0.3 is 11.9 Å². The predicted molar refractivity (Wildman–Crippen MR) is 81.4 cm³/mol. The van der Waals surface area contributed by atoms with Crippen LogP contribution in [0.4, 0.5) is 0 Å². The minimum Gasteiger partial charge on any atom is -0.465 e. The molecular formula is C15H28N2O4. The number of nitrogens with two attached hydrogens (primary N) is 1. The second-order valence-corrected chi connectivity index (χ2v) is 5.37. The van der Waals surface area contributed by atoms with Crippen LogP contribution in [0.25, 0.3) is 0 Å². The van der Waals surface area contributed by atoms with Gasteiger partial charge in [-0.25, -0.2) is 0 Å². The van der Waals surface area contributed by atoms with Crippen LogP contribution in [0.5, 0.6) is 0 Å². The van der Waals surface area contributed by atoms with Crippen molar-refractivity contribution in [2.45, 2.75) is 52.2 Å². The van der Waals surface area contributed by atoms with Crippen molar-refractivity contribution in [3.8, 4) is 0 Å². The van der Waals surface area contributed by atoms with Crippen molar-refractivity contribution in [1.29, 1.82) is 0 Å². The lowest BCUT2D eigenvalue weighted by molar-refractivity contribution is -0.147. The van der Waals surface area contributed by atoms with Crippen molar-refractivity contribution in [2.75, 3.05) is 13.2 Å². The molecule has 0 amide bonds. The molecule has 2 atom stereocenters. The van der Waals surface area contributed by atoms with E-state index in [1.165, 1.54) is 6.08 Å². The number of carbonyl (C=O) groups excluding carboxylic acids is 2. The Bertz CT molecular complexity index is 332. The van der Waals surface area contributed by atoms with Gasteiger partial charge in [0, 0.05) is 0 Å². The number of nitrogens with one attached hydrogen (secondary N) is 1. The summed E-state index contributed by atoms with van der Waals surface area (Å²) in [7, 11) is 0. The molecule has 0 aromatic heterocycles. The molecule has 2 unspecified atom stereocenters. The van der Waals surface area contributed by atoms with Gasteiger partial charge in [0.25, 0.3) is 0 Å². The first kappa shape index (κ1) is 19.6. The Labute approximate surface area is 127 Å². The number of carbonyl (C=O) groups is 2. The molecule has 0 aliphatic heterocycles. The Hall–Kier alpha value is -1.40. The molecule has 21 heavy (non-hydrogen) atoms. The Balaban J connectivity index is 3.88. The molecule has 0 heterocycles. The van der Waals surface area contributed by atoms with Crippen LogP contribution < -0.4 is 11.1 Å². The molecule has 0 aromatic rings. The molecule has 0 fully saturated rings. The maximum absolute atomic E-state index is 11.7. The molecule has 0 aromatic carbocycles. The van der Waals surface area contributed by atoms with Gasteiger partial charge in [0.15, 0.2) is 0 Å². The maximum atomic E-state index is 11.7. The quantitative estimate of drug-likeness (QED) is 0.259. The van der Waals surface area contributed by atoms with Crippen molar-refractivity contribution >= 4 is 11.9 Å². The number of ether oxygens (including phenoxy) is 2. The molecule has 0 rings (SSSR count). The minimum atomic E-state index is -0.652. The summed E-state index contributed by atoms with van der Waals surface area (Å²) >= 11 is 0. The Morgan fingerprint density at radius 2 is 1.95 bits per heavy atom. The lowest BCUT2D eigenvalue weighted by Gasteiger charge is -2.18. The van der Waals surface area contributed by atoms with Crippen molar-refractivity contribution in [1.82, 2.24) is 5.32 Å². The number of hydrogen-bond donors (Lipinski definition) is 2. The molecule has 0 aliphatic rings. The van der Waals surface area contributed by atoms with Crippen LogP contribution in [0, 0.1) is 5.92 Å². The monoisotopic (exact) mass is 300 g/mol. The molecule has 0 saturated heterocycles. The average Bonchev–Trinajstić information content (AvgIpc) is 2.40. The van der Waals surface area contributed by atoms with Crippen LogP contribution in [-0.2, 0) is 19.1 Å². The second-order valence-electron chi connectivity index (χ2n) is 5.37. The van der Waals surface area contributed by atoms with Gasteiger partial charge in [-0.15, -0.1) is 0 Å². The second kappa shape index (κ2) is 11.3. The van der Waals surface area contributed by atoms with Gasteiger partial charge in [0.2, 0.25) is 0 Å². The van der Waals surface area contributed by atoms with E-state index in [1.54, 1.807) is 6.92 Å². The van der Waals surface area contributed by atoms with Crippen LogP contribution in [0.1, 0.15) is 40.0 Å². The summed E-state index contributed by atoms with van der Waals surface area (Å²) in [6.07, 6.45) is 2.67. The summed E-state index contributed by atoms with van der Waals surface area (Å²) in [5.74, 6) is -0.213. The Kier molecular flexibility index (Phi) is 10.5. The first-order chi connectivity index (χ1) is 9.86. The Morgan fingerprint density at radius 1 is 1.29 bits per heavy atom. The van der Waals surface area contributed by atoms with E-state index in [9.17, 15) is 9.59 Å². The van der Waals surface area contributed by atoms with Gasteiger partial charge in [-0.1, -0.05) is 26.5 Å². The molecule has 3 N–H and O–H groups in total. The summed E-state index contributed by atoms with van der Waals surface area (Å²) in [6.45, 7) is 9.89. The van der Waals surface area contributed by atoms with Crippen LogP contribution in [-0.4, -0.2) is 37.4 Å². The van der Waals surface area contributed by atoms with Crippen LogP contribution in [0.2, 0.25) is 0 Å². The molecule has 0 bridgehead atoms. The van der Waals surface area contributed by atoms with Crippen LogP contribution in [0.3, 0.4) is 0 Å². The average molecular weight is 300 g/mol. The van der Waals surface area contributed by atoms with Gasteiger partial charge in [-0.3, -0.25) is 14.9 Å². The van der Waals surface area contributed by atoms with E-state index in [1.807, 2.05) is 0 Å². The fourth-order valence-electron chi connectivity index (χ4n) is 1.63. The van der Waals surface area contributed by atoms with Gasteiger partial charge in [0.05, 0.1) is 19.2 Å². The molecule has 0 spiro atoms. The lowest BCUT2D eigenvalue weighted by Crippen LogP contribution is -2.48. The van der Waals surface area contributed by atoms with Crippen molar-refractivity contribution in [3.63, 3.8) is 0 Å². The molecular weight excluding hydrogens is 272 g/mol. The van der Waals surface area contributed by atoms with Gasteiger partial charge < -0.3 is 15.2 Å². The normalized spacial score (nSPS) is 13.6. The van der Waals surface area contributed by atoms with E-state index in [0.717, 1.165) is 12.8 Å². The molecule has 0 saturated carbocycles. The third kappa shape index (κ3) is 11.0. The zero-order valence-electron chi connectivity index (χ0n) is 13.3. The zero-order chi connectivity index (χ0) is 16.3. The highest BCUT2D eigenvalue weighted by molar-refractivity contribution is 5.75. The third-order valence-corrected chi connectivity index (χ3v) is 2.74. The number of rotatable bonds is 11. The molecule has 122 valence electrons. The van der Waals surface area contributed by atoms with Crippen molar-refractivity contribution in [3.05, 3.63) is 12.7 Å². The highest BCUT2D eigenvalue weighted by Gasteiger charge is 2.19. The van der Waals surface area contributed by atoms with Crippen LogP contribution >= 0.6 is 0 Å². The molecule has 6 nitrogen and oxygen atoms in total. The summed E-state index contributed by atoms with van der Waals surface area (Å²) in [4.78, 5) is 23.0. The van der Waals surface area contributed by atoms with Crippen LogP contribution in [0.15, 0.2) is 12.7 Å². The van der Waals surface area contributed by atoms with E-state index in [4.69, 9.17) is 15.2 Å². The molecule has 6 heteroatoms. The number of esters is 2. The standard InChI is InChI=1S/C15H28N2O4/c1-5-8-20-14(18)10-13(16)17-12(4)15(19)21-9-6-7-11(2)3/h5,11-13,17H,1,6-10,16H2,2-4H3. The SMILES string of the molecule is C=CCOC(=O)CC(N)NC(C)C(=O)OCCCC(C)C. The zero-order valence-corrected chi connectivity index (χ0v) is 13.3. The molecule has 0 radical (unpaired) electrons. The van der Waals surface area contributed by atoms with Crippen molar-refractivity contribution < 1.29 is 19.1 Å².